The molecule has 3 aromatic rings. The fraction of sp³-hybridized carbons (Fsp3) is 0.273. The Morgan fingerprint density at radius 2 is 1.82 bits per heavy atom. The molecule has 0 bridgehead atoms. The van der Waals surface area contributed by atoms with Crippen LogP contribution in [0.15, 0.2) is 54.6 Å². The van der Waals surface area contributed by atoms with Crippen molar-refractivity contribution in [1.82, 2.24) is 9.97 Å². The number of benzene rings is 2. The first-order chi connectivity index (χ1) is 16.0. The summed E-state index contributed by atoms with van der Waals surface area (Å²) in [6.07, 6.45) is -4.84. The van der Waals surface area contributed by atoms with E-state index in [4.69, 9.17) is 0 Å². The molecule has 3 N–H and O–H groups in total. The van der Waals surface area contributed by atoms with Gasteiger partial charge in [0.05, 0.1) is 23.3 Å². The van der Waals surface area contributed by atoms with Crippen LogP contribution in [0.4, 0.5) is 36.3 Å². The van der Waals surface area contributed by atoms with E-state index in [1.165, 1.54) is 48.5 Å². The Morgan fingerprint density at radius 1 is 1.12 bits per heavy atom. The van der Waals surface area contributed by atoms with Gasteiger partial charge in [-0.2, -0.15) is 4.98 Å². The molecular formula is C22H22F3N5O4. The van der Waals surface area contributed by atoms with Crippen molar-refractivity contribution in [1.29, 1.82) is 0 Å². The van der Waals surface area contributed by atoms with Gasteiger partial charge in [-0.3, -0.25) is 10.1 Å². The van der Waals surface area contributed by atoms with E-state index in [-0.39, 0.29) is 41.7 Å². The molecule has 0 radical (unpaired) electrons. The maximum Gasteiger partial charge on any atom is 0.573 e. The molecule has 3 rings (SSSR count). The number of non-ortho nitro benzene ring substituents is 1. The van der Waals surface area contributed by atoms with Crippen molar-refractivity contribution in [3.8, 4) is 17.0 Å². The molecule has 0 amide bonds. The van der Waals surface area contributed by atoms with Crippen LogP contribution >= 0.6 is 0 Å². The number of hydrogen-bond donors (Lipinski definition) is 3. The van der Waals surface area contributed by atoms with Gasteiger partial charge in [0.15, 0.2) is 0 Å². The lowest BCUT2D eigenvalue weighted by Gasteiger charge is -2.21. The average Bonchev–Trinajstić information content (AvgIpc) is 2.76. The molecule has 12 heteroatoms. The smallest absolute Gasteiger partial charge is 0.406 e. The second-order valence-electron chi connectivity index (χ2n) is 7.64. The summed E-state index contributed by atoms with van der Waals surface area (Å²) < 4.78 is 41.9. The van der Waals surface area contributed by atoms with Gasteiger partial charge in [-0.15, -0.1) is 13.2 Å². The zero-order chi connectivity index (χ0) is 24.9. The summed E-state index contributed by atoms with van der Waals surface area (Å²) in [5.41, 5.74) is 1.04. The van der Waals surface area contributed by atoms with Crippen molar-refractivity contribution < 1.29 is 27.9 Å². The maximum absolute atomic E-state index is 12.6. The van der Waals surface area contributed by atoms with E-state index in [0.29, 0.717) is 11.3 Å². The summed E-state index contributed by atoms with van der Waals surface area (Å²) in [6, 6.07) is 12.1. The molecule has 180 valence electrons. The number of ether oxygens (including phenoxy) is 1. The van der Waals surface area contributed by atoms with E-state index in [0.717, 1.165) is 0 Å². The van der Waals surface area contributed by atoms with Crippen molar-refractivity contribution in [3.05, 3.63) is 64.7 Å². The minimum atomic E-state index is -4.84. The highest BCUT2D eigenvalue weighted by atomic mass is 19.4. The molecule has 1 heterocycles. The molecule has 0 aliphatic heterocycles. The van der Waals surface area contributed by atoms with Gasteiger partial charge in [0.25, 0.3) is 5.69 Å². The summed E-state index contributed by atoms with van der Waals surface area (Å²) in [5.74, 6) is 0.0472. The molecule has 1 atom stereocenters. The SMILES string of the molecule is CC(C)[C@@H](CO)Nc1nc(Nc2ccc([N+](=O)[O-])cc2)cc(-c2cccc(OC(F)(F)F)c2)n1. The summed E-state index contributed by atoms with van der Waals surface area (Å²) >= 11 is 0. The molecule has 0 spiro atoms. The number of nitrogens with zero attached hydrogens (tertiary/aromatic N) is 3. The topological polar surface area (TPSA) is 122 Å². The summed E-state index contributed by atoms with van der Waals surface area (Å²) in [6.45, 7) is 3.60. The van der Waals surface area contributed by atoms with Crippen LogP contribution in [-0.2, 0) is 0 Å². The number of halogens is 3. The number of nitrogens with one attached hydrogen (secondary N) is 2. The number of nitro benzene ring substituents is 1. The predicted octanol–water partition coefficient (Wildman–Crippen LogP) is 5.12. The Bertz CT molecular complexity index is 1140. The third kappa shape index (κ3) is 6.78. The van der Waals surface area contributed by atoms with Crippen LogP contribution in [0.3, 0.4) is 0 Å². The van der Waals surface area contributed by atoms with Gasteiger partial charge in [0.1, 0.15) is 11.6 Å². The Kier molecular flexibility index (Phi) is 7.51. The van der Waals surface area contributed by atoms with Gasteiger partial charge in [-0.25, -0.2) is 4.98 Å². The normalized spacial score (nSPS) is 12.3. The number of nitro groups is 1. The fourth-order valence-electron chi connectivity index (χ4n) is 2.98. The zero-order valence-corrected chi connectivity index (χ0v) is 18.2. The molecular weight excluding hydrogens is 455 g/mol. The second-order valence-corrected chi connectivity index (χ2v) is 7.64. The van der Waals surface area contributed by atoms with Crippen LogP contribution in [0.1, 0.15) is 13.8 Å². The van der Waals surface area contributed by atoms with Crippen LogP contribution < -0.4 is 15.4 Å². The Hall–Kier alpha value is -3.93. The van der Waals surface area contributed by atoms with Crippen molar-refractivity contribution >= 4 is 23.1 Å². The van der Waals surface area contributed by atoms with Crippen molar-refractivity contribution in [2.75, 3.05) is 17.2 Å². The predicted molar refractivity (Wildman–Crippen MR) is 120 cm³/mol. The average molecular weight is 477 g/mol. The minimum absolute atomic E-state index is 0.0341. The van der Waals surface area contributed by atoms with Gasteiger partial charge < -0.3 is 20.5 Å². The number of hydrogen-bond acceptors (Lipinski definition) is 8. The zero-order valence-electron chi connectivity index (χ0n) is 18.2. The van der Waals surface area contributed by atoms with Gasteiger partial charge in [0.2, 0.25) is 5.95 Å². The molecule has 34 heavy (non-hydrogen) atoms. The third-order valence-electron chi connectivity index (χ3n) is 4.76. The van der Waals surface area contributed by atoms with Crippen LogP contribution in [0, 0.1) is 16.0 Å². The molecule has 2 aromatic carbocycles. The lowest BCUT2D eigenvalue weighted by molar-refractivity contribution is -0.384. The van der Waals surface area contributed by atoms with E-state index in [9.17, 15) is 28.4 Å². The van der Waals surface area contributed by atoms with Crippen molar-refractivity contribution in [3.63, 3.8) is 0 Å². The summed E-state index contributed by atoms with van der Waals surface area (Å²) in [7, 11) is 0. The number of aromatic nitrogens is 2. The first kappa shape index (κ1) is 24.7. The summed E-state index contributed by atoms with van der Waals surface area (Å²) in [5, 5.41) is 26.6. The molecule has 0 aliphatic rings. The minimum Gasteiger partial charge on any atom is -0.406 e. The van der Waals surface area contributed by atoms with E-state index in [2.05, 4.69) is 25.3 Å². The summed E-state index contributed by atoms with van der Waals surface area (Å²) in [4.78, 5) is 19.1. The maximum atomic E-state index is 12.6. The van der Waals surface area contributed by atoms with Gasteiger partial charge in [0, 0.05) is 29.4 Å². The van der Waals surface area contributed by atoms with Gasteiger partial charge in [-0.05, 0) is 30.2 Å². The largest absolute Gasteiger partial charge is 0.573 e. The number of anilines is 3. The van der Waals surface area contributed by atoms with E-state index in [1.54, 1.807) is 6.07 Å². The third-order valence-corrected chi connectivity index (χ3v) is 4.76. The molecule has 0 aliphatic carbocycles. The molecule has 0 unspecified atom stereocenters. The highest BCUT2D eigenvalue weighted by Crippen LogP contribution is 2.30. The monoisotopic (exact) mass is 477 g/mol. The Balaban J connectivity index is 1.99. The number of aliphatic hydroxyl groups excluding tert-OH is 1. The van der Waals surface area contributed by atoms with Crippen LogP contribution in [0.5, 0.6) is 5.75 Å². The highest BCUT2D eigenvalue weighted by Gasteiger charge is 2.31. The first-order valence-corrected chi connectivity index (χ1v) is 10.2. The lowest BCUT2D eigenvalue weighted by Crippen LogP contribution is -2.30. The lowest BCUT2D eigenvalue weighted by atomic mass is 10.1. The van der Waals surface area contributed by atoms with E-state index >= 15 is 0 Å². The molecule has 9 nitrogen and oxygen atoms in total. The molecule has 0 fully saturated rings. The quantitative estimate of drug-likeness (QED) is 0.287. The van der Waals surface area contributed by atoms with E-state index in [1.807, 2.05) is 13.8 Å². The Morgan fingerprint density at radius 3 is 2.41 bits per heavy atom. The molecule has 0 saturated heterocycles. The van der Waals surface area contributed by atoms with Crippen molar-refractivity contribution in [2.24, 2.45) is 5.92 Å². The molecule has 0 saturated carbocycles. The van der Waals surface area contributed by atoms with Crippen LogP contribution in [-0.4, -0.2) is 39.0 Å². The van der Waals surface area contributed by atoms with Crippen LogP contribution in [0.25, 0.3) is 11.3 Å². The van der Waals surface area contributed by atoms with Gasteiger partial charge >= 0.3 is 6.36 Å². The molecule has 1 aromatic heterocycles. The standard InChI is InChI=1S/C22H22F3N5O4/c1-13(2)19(12-31)28-21-27-18(14-4-3-5-17(10-14)34-22(23,24)25)11-20(29-21)26-15-6-8-16(9-7-15)30(32)33/h3-11,13,19,31H,12H2,1-2H3,(H2,26,27,28,29)/t19-/m1/s1. The van der Waals surface area contributed by atoms with Gasteiger partial charge in [-0.1, -0.05) is 26.0 Å². The number of aliphatic hydroxyl groups is 1. The highest BCUT2D eigenvalue weighted by molar-refractivity contribution is 5.68. The second kappa shape index (κ2) is 10.3. The van der Waals surface area contributed by atoms with Crippen molar-refractivity contribution in [2.45, 2.75) is 26.3 Å². The number of alkyl halides is 3. The fourth-order valence-corrected chi connectivity index (χ4v) is 2.98. The number of rotatable bonds is 9. The van der Waals surface area contributed by atoms with Crippen LogP contribution in [0.2, 0.25) is 0 Å². The Labute approximate surface area is 192 Å². The first-order valence-electron chi connectivity index (χ1n) is 10.2. The van der Waals surface area contributed by atoms with E-state index < -0.39 is 17.0 Å².